The van der Waals surface area contributed by atoms with Gasteiger partial charge in [0.2, 0.25) is 5.91 Å². The van der Waals surface area contributed by atoms with Crippen LogP contribution >= 0.6 is 0 Å². The summed E-state index contributed by atoms with van der Waals surface area (Å²) in [6.45, 7) is 5.54. The third kappa shape index (κ3) is 3.68. The Hall–Kier alpha value is -0.610. The molecule has 2 aliphatic rings. The zero-order chi connectivity index (χ0) is 12.3. The third-order valence-corrected chi connectivity index (χ3v) is 3.67. The predicted molar refractivity (Wildman–Crippen MR) is 66.8 cm³/mol. The number of amides is 1. The first kappa shape index (κ1) is 12.8. The Kier molecular flexibility index (Phi) is 4.40. The second-order valence-corrected chi connectivity index (χ2v) is 5.63. The van der Waals surface area contributed by atoms with E-state index in [9.17, 15) is 4.79 Å². The van der Waals surface area contributed by atoms with Crippen molar-refractivity contribution in [2.45, 2.75) is 57.8 Å². The van der Waals surface area contributed by atoms with Gasteiger partial charge in [0.05, 0.1) is 18.8 Å². The molecule has 2 heterocycles. The Balaban J connectivity index is 1.57. The Morgan fingerprint density at radius 1 is 1.41 bits per heavy atom. The van der Waals surface area contributed by atoms with E-state index in [0.717, 1.165) is 25.8 Å². The van der Waals surface area contributed by atoms with Crippen molar-refractivity contribution in [2.75, 3.05) is 13.1 Å². The van der Waals surface area contributed by atoms with Crippen molar-refractivity contribution in [3.8, 4) is 0 Å². The molecule has 2 rings (SSSR count). The van der Waals surface area contributed by atoms with Crippen LogP contribution in [-0.4, -0.2) is 37.2 Å². The number of hydrogen-bond acceptors (Lipinski definition) is 3. The molecule has 0 aromatic rings. The normalized spacial score (nSPS) is 31.1. The van der Waals surface area contributed by atoms with E-state index < -0.39 is 0 Å². The van der Waals surface area contributed by atoms with Crippen LogP contribution in [0.15, 0.2) is 0 Å². The molecule has 4 nitrogen and oxygen atoms in total. The fourth-order valence-electron chi connectivity index (χ4n) is 2.64. The van der Waals surface area contributed by atoms with E-state index in [0.29, 0.717) is 30.7 Å². The van der Waals surface area contributed by atoms with Crippen LogP contribution in [-0.2, 0) is 9.53 Å². The van der Waals surface area contributed by atoms with Gasteiger partial charge >= 0.3 is 0 Å². The van der Waals surface area contributed by atoms with Gasteiger partial charge in [0.25, 0.3) is 0 Å². The molecule has 98 valence electrons. The van der Waals surface area contributed by atoms with Crippen LogP contribution in [0.5, 0.6) is 0 Å². The van der Waals surface area contributed by atoms with Gasteiger partial charge in [0, 0.05) is 12.6 Å². The van der Waals surface area contributed by atoms with E-state index >= 15 is 0 Å². The molecule has 3 atom stereocenters. The third-order valence-electron chi connectivity index (χ3n) is 3.67. The lowest BCUT2D eigenvalue weighted by atomic mass is 9.95. The summed E-state index contributed by atoms with van der Waals surface area (Å²) in [5.41, 5.74) is 0. The summed E-state index contributed by atoms with van der Waals surface area (Å²) in [4.78, 5) is 11.6. The van der Waals surface area contributed by atoms with E-state index in [4.69, 9.17) is 4.74 Å². The number of fused-ring (bicyclic) bond motifs is 2. The topological polar surface area (TPSA) is 50.4 Å². The molecule has 3 unspecified atom stereocenters. The summed E-state index contributed by atoms with van der Waals surface area (Å²) in [5.74, 6) is 0.746. The number of nitrogens with one attached hydrogen (secondary N) is 2. The summed E-state index contributed by atoms with van der Waals surface area (Å²) in [6.07, 6.45) is 5.26. The number of ether oxygens (including phenoxy) is 1. The summed E-state index contributed by atoms with van der Waals surface area (Å²) >= 11 is 0. The number of carbonyl (C=O) groups is 1. The van der Waals surface area contributed by atoms with E-state index in [-0.39, 0.29) is 5.91 Å². The molecule has 0 saturated carbocycles. The van der Waals surface area contributed by atoms with Crippen LogP contribution in [0.25, 0.3) is 0 Å². The Bertz CT molecular complexity index is 268. The molecule has 17 heavy (non-hydrogen) atoms. The van der Waals surface area contributed by atoms with Crippen LogP contribution in [0.2, 0.25) is 0 Å². The van der Waals surface area contributed by atoms with Crippen LogP contribution in [0, 0.1) is 5.92 Å². The summed E-state index contributed by atoms with van der Waals surface area (Å²) < 4.78 is 5.74. The van der Waals surface area contributed by atoms with Gasteiger partial charge in [-0.3, -0.25) is 4.79 Å². The number of hydrogen-bond donors (Lipinski definition) is 2. The molecule has 0 aliphatic carbocycles. The fraction of sp³-hybridized carbons (Fsp3) is 0.923. The van der Waals surface area contributed by atoms with Crippen LogP contribution < -0.4 is 10.6 Å². The lowest BCUT2D eigenvalue weighted by Crippen LogP contribution is -2.43. The monoisotopic (exact) mass is 240 g/mol. The maximum atomic E-state index is 11.6. The molecule has 0 aromatic carbocycles. The van der Waals surface area contributed by atoms with Crippen molar-refractivity contribution in [3.63, 3.8) is 0 Å². The SMILES string of the molecule is CC(C)CCNC(=O)CNC1CC2CCC1O2. The lowest BCUT2D eigenvalue weighted by Gasteiger charge is -2.19. The first-order chi connectivity index (χ1) is 8.15. The van der Waals surface area contributed by atoms with Crippen molar-refractivity contribution in [2.24, 2.45) is 5.92 Å². The molecule has 2 aliphatic heterocycles. The summed E-state index contributed by atoms with van der Waals surface area (Å²) in [7, 11) is 0. The maximum Gasteiger partial charge on any atom is 0.233 e. The highest BCUT2D eigenvalue weighted by atomic mass is 16.5. The van der Waals surface area contributed by atoms with Gasteiger partial charge in [-0.1, -0.05) is 13.8 Å². The highest BCUT2D eigenvalue weighted by molar-refractivity contribution is 5.77. The van der Waals surface area contributed by atoms with Crippen molar-refractivity contribution in [3.05, 3.63) is 0 Å². The van der Waals surface area contributed by atoms with Crippen molar-refractivity contribution >= 4 is 5.91 Å². The van der Waals surface area contributed by atoms with E-state index in [1.807, 2.05) is 0 Å². The highest BCUT2D eigenvalue weighted by Crippen LogP contribution is 2.34. The first-order valence-electron chi connectivity index (χ1n) is 6.80. The summed E-state index contributed by atoms with van der Waals surface area (Å²) in [5, 5.41) is 6.25. The second kappa shape index (κ2) is 5.83. The zero-order valence-corrected chi connectivity index (χ0v) is 10.9. The average molecular weight is 240 g/mol. The van der Waals surface area contributed by atoms with E-state index in [1.165, 1.54) is 6.42 Å². The van der Waals surface area contributed by atoms with Crippen LogP contribution in [0.3, 0.4) is 0 Å². The standard InChI is InChI=1S/C13H24N2O2/c1-9(2)5-6-14-13(16)8-15-11-7-10-3-4-12(11)17-10/h9-12,15H,3-8H2,1-2H3,(H,14,16). The van der Waals surface area contributed by atoms with Gasteiger partial charge in [-0.2, -0.15) is 0 Å². The van der Waals surface area contributed by atoms with Gasteiger partial charge in [-0.25, -0.2) is 0 Å². The Labute approximate surface area is 103 Å². The fourth-order valence-corrected chi connectivity index (χ4v) is 2.64. The molecule has 2 bridgehead atoms. The molecule has 1 amide bonds. The molecule has 2 fully saturated rings. The average Bonchev–Trinajstić information content (AvgIpc) is 2.87. The zero-order valence-electron chi connectivity index (χ0n) is 10.9. The molecule has 0 aromatic heterocycles. The van der Waals surface area contributed by atoms with Gasteiger partial charge in [-0.05, 0) is 31.6 Å². The predicted octanol–water partition coefficient (Wildman–Crippen LogP) is 1.06. The lowest BCUT2D eigenvalue weighted by molar-refractivity contribution is -0.120. The highest BCUT2D eigenvalue weighted by Gasteiger charge is 2.40. The van der Waals surface area contributed by atoms with Gasteiger partial charge < -0.3 is 15.4 Å². The molecule has 0 radical (unpaired) electrons. The van der Waals surface area contributed by atoms with Gasteiger partial charge in [0.15, 0.2) is 0 Å². The smallest absolute Gasteiger partial charge is 0.233 e. The number of rotatable bonds is 6. The minimum absolute atomic E-state index is 0.105. The molecule has 4 heteroatoms. The molecular formula is C13H24N2O2. The quantitative estimate of drug-likeness (QED) is 0.730. The van der Waals surface area contributed by atoms with Gasteiger partial charge in [-0.15, -0.1) is 0 Å². The number of carbonyl (C=O) groups excluding carboxylic acids is 1. The van der Waals surface area contributed by atoms with E-state index in [1.54, 1.807) is 0 Å². The Morgan fingerprint density at radius 2 is 2.24 bits per heavy atom. The van der Waals surface area contributed by atoms with Crippen molar-refractivity contribution in [1.29, 1.82) is 0 Å². The van der Waals surface area contributed by atoms with Crippen molar-refractivity contribution in [1.82, 2.24) is 10.6 Å². The molecule has 2 N–H and O–H groups in total. The minimum atomic E-state index is 0.105. The second-order valence-electron chi connectivity index (χ2n) is 5.63. The van der Waals surface area contributed by atoms with Crippen LogP contribution in [0.4, 0.5) is 0 Å². The maximum absolute atomic E-state index is 11.6. The van der Waals surface area contributed by atoms with Crippen LogP contribution in [0.1, 0.15) is 39.5 Å². The largest absolute Gasteiger partial charge is 0.373 e. The minimum Gasteiger partial charge on any atom is -0.373 e. The van der Waals surface area contributed by atoms with Gasteiger partial charge in [0.1, 0.15) is 0 Å². The molecule has 0 spiro atoms. The van der Waals surface area contributed by atoms with Crippen molar-refractivity contribution < 1.29 is 9.53 Å². The summed E-state index contributed by atoms with van der Waals surface area (Å²) in [6, 6.07) is 0.393. The first-order valence-corrected chi connectivity index (χ1v) is 6.80. The molecule has 2 saturated heterocycles. The molecular weight excluding hydrogens is 216 g/mol. The van der Waals surface area contributed by atoms with E-state index in [2.05, 4.69) is 24.5 Å². The Morgan fingerprint density at radius 3 is 2.82 bits per heavy atom.